The van der Waals surface area contributed by atoms with Crippen molar-refractivity contribution in [3.63, 3.8) is 0 Å². The number of carbonyl (C=O) groups is 2. The molecule has 0 saturated heterocycles. The lowest BCUT2D eigenvalue weighted by molar-refractivity contribution is -0.116. The van der Waals surface area contributed by atoms with Crippen molar-refractivity contribution in [2.45, 2.75) is 13.3 Å². The third kappa shape index (κ3) is 4.32. The third-order valence-corrected chi connectivity index (χ3v) is 3.65. The van der Waals surface area contributed by atoms with E-state index < -0.39 is 5.97 Å². The Labute approximate surface area is 126 Å². The maximum atomic E-state index is 11.8. The minimum atomic E-state index is -1.05. The molecule has 0 spiro atoms. The molecule has 1 amide bonds. The summed E-state index contributed by atoms with van der Waals surface area (Å²) in [5.41, 5.74) is 1.46. The Balaban J connectivity index is 1.81. The van der Waals surface area contributed by atoms with Crippen molar-refractivity contribution in [3.05, 3.63) is 46.2 Å². The average molecular weight is 305 g/mol. The SMILES string of the molecule is Cc1ccc(OCCC(=O)Nc2ccsc2C(=O)O)cc1. The van der Waals surface area contributed by atoms with Crippen LogP contribution in [0.1, 0.15) is 21.7 Å². The van der Waals surface area contributed by atoms with Crippen molar-refractivity contribution in [2.75, 3.05) is 11.9 Å². The first-order valence-electron chi connectivity index (χ1n) is 6.36. The van der Waals surface area contributed by atoms with Gasteiger partial charge in [0.25, 0.3) is 0 Å². The van der Waals surface area contributed by atoms with Gasteiger partial charge in [-0.1, -0.05) is 17.7 Å². The zero-order chi connectivity index (χ0) is 15.2. The van der Waals surface area contributed by atoms with Gasteiger partial charge < -0.3 is 15.2 Å². The highest BCUT2D eigenvalue weighted by molar-refractivity contribution is 7.12. The number of carboxylic acid groups (broad SMARTS) is 1. The maximum absolute atomic E-state index is 11.8. The highest BCUT2D eigenvalue weighted by atomic mass is 32.1. The molecule has 0 bridgehead atoms. The van der Waals surface area contributed by atoms with Gasteiger partial charge in [-0.25, -0.2) is 4.79 Å². The van der Waals surface area contributed by atoms with Crippen LogP contribution >= 0.6 is 11.3 Å². The second-order valence-corrected chi connectivity index (χ2v) is 5.34. The highest BCUT2D eigenvalue weighted by Gasteiger charge is 2.13. The van der Waals surface area contributed by atoms with Crippen LogP contribution in [0.15, 0.2) is 35.7 Å². The number of benzene rings is 1. The minimum absolute atomic E-state index is 0.128. The third-order valence-electron chi connectivity index (χ3n) is 2.75. The Hall–Kier alpha value is -2.34. The number of ether oxygens (including phenoxy) is 1. The summed E-state index contributed by atoms with van der Waals surface area (Å²) >= 11 is 1.08. The van der Waals surface area contributed by atoms with Crippen LogP contribution in [0, 0.1) is 6.92 Å². The highest BCUT2D eigenvalue weighted by Crippen LogP contribution is 2.22. The number of rotatable bonds is 6. The van der Waals surface area contributed by atoms with Gasteiger partial charge in [0.15, 0.2) is 0 Å². The van der Waals surface area contributed by atoms with Crippen LogP contribution in [0.5, 0.6) is 5.75 Å². The molecule has 2 N–H and O–H groups in total. The number of aromatic carboxylic acids is 1. The van der Waals surface area contributed by atoms with Crippen LogP contribution in [0.4, 0.5) is 5.69 Å². The summed E-state index contributed by atoms with van der Waals surface area (Å²) < 4.78 is 5.45. The number of thiophene rings is 1. The van der Waals surface area contributed by atoms with E-state index in [-0.39, 0.29) is 23.8 Å². The molecule has 5 nitrogen and oxygen atoms in total. The van der Waals surface area contributed by atoms with Crippen molar-refractivity contribution < 1.29 is 19.4 Å². The summed E-state index contributed by atoms with van der Waals surface area (Å²) in [6.07, 6.45) is 0.156. The van der Waals surface area contributed by atoms with E-state index in [2.05, 4.69) is 5.32 Å². The molecule has 2 rings (SSSR count). The Bertz CT molecular complexity index is 633. The molecular formula is C15H15NO4S. The quantitative estimate of drug-likeness (QED) is 0.859. The van der Waals surface area contributed by atoms with E-state index in [0.29, 0.717) is 11.4 Å². The largest absolute Gasteiger partial charge is 0.493 e. The number of carbonyl (C=O) groups excluding carboxylic acids is 1. The van der Waals surface area contributed by atoms with E-state index in [1.807, 2.05) is 31.2 Å². The maximum Gasteiger partial charge on any atom is 0.348 e. The van der Waals surface area contributed by atoms with Crippen LogP contribution < -0.4 is 10.1 Å². The normalized spacial score (nSPS) is 10.1. The molecule has 0 atom stereocenters. The lowest BCUT2D eigenvalue weighted by Crippen LogP contribution is -2.16. The Morgan fingerprint density at radius 1 is 1.24 bits per heavy atom. The lowest BCUT2D eigenvalue weighted by Gasteiger charge is -2.07. The number of nitrogens with one attached hydrogen (secondary N) is 1. The van der Waals surface area contributed by atoms with Gasteiger partial charge in [0.05, 0.1) is 18.7 Å². The standard InChI is InChI=1S/C15H15NO4S/c1-10-2-4-11(5-3-10)20-8-6-13(17)16-12-7-9-21-14(12)15(18)19/h2-5,7,9H,6,8H2,1H3,(H,16,17)(H,18,19). The van der Waals surface area contributed by atoms with Gasteiger partial charge in [-0.05, 0) is 30.5 Å². The smallest absolute Gasteiger partial charge is 0.348 e. The van der Waals surface area contributed by atoms with E-state index >= 15 is 0 Å². The molecule has 1 aromatic carbocycles. The summed E-state index contributed by atoms with van der Waals surface area (Å²) in [5.74, 6) is -0.616. The Kier molecular flexibility index (Phi) is 4.94. The lowest BCUT2D eigenvalue weighted by atomic mass is 10.2. The van der Waals surface area contributed by atoms with Crippen LogP contribution in [-0.4, -0.2) is 23.6 Å². The summed E-state index contributed by atoms with van der Waals surface area (Å²) in [6, 6.07) is 9.12. The van der Waals surface area contributed by atoms with E-state index in [4.69, 9.17) is 9.84 Å². The van der Waals surface area contributed by atoms with Gasteiger partial charge in [-0.15, -0.1) is 11.3 Å². The summed E-state index contributed by atoms with van der Waals surface area (Å²) in [4.78, 5) is 22.8. The number of hydrogen-bond donors (Lipinski definition) is 2. The van der Waals surface area contributed by atoms with Crippen molar-refractivity contribution in [1.29, 1.82) is 0 Å². The number of anilines is 1. The molecule has 1 heterocycles. The van der Waals surface area contributed by atoms with Gasteiger partial charge in [-0.2, -0.15) is 0 Å². The number of aryl methyl sites for hydroxylation is 1. The van der Waals surface area contributed by atoms with Crippen molar-refractivity contribution in [1.82, 2.24) is 0 Å². The van der Waals surface area contributed by atoms with E-state index in [9.17, 15) is 9.59 Å². The molecule has 0 unspecified atom stereocenters. The molecule has 0 saturated carbocycles. The zero-order valence-electron chi connectivity index (χ0n) is 11.5. The van der Waals surface area contributed by atoms with Gasteiger partial charge in [0.1, 0.15) is 10.6 Å². The van der Waals surface area contributed by atoms with Crippen LogP contribution in [-0.2, 0) is 4.79 Å². The Morgan fingerprint density at radius 2 is 1.95 bits per heavy atom. The molecule has 110 valence electrons. The molecule has 0 aliphatic rings. The molecule has 0 aliphatic heterocycles. The molecule has 2 aromatic rings. The second kappa shape index (κ2) is 6.90. The zero-order valence-corrected chi connectivity index (χ0v) is 12.3. The van der Waals surface area contributed by atoms with E-state index in [0.717, 1.165) is 16.9 Å². The number of hydrogen-bond acceptors (Lipinski definition) is 4. The van der Waals surface area contributed by atoms with E-state index in [1.165, 1.54) is 0 Å². The second-order valence-electron chi connectivity index (χ2n) is 4.43. The monoisotopic (exact) mass is 305 g/mol. The number of amides is 1. The minimum Gasteiger partial charge on any atom is -0.493 e. The van der Waals surface area contributed by atoms with Gasteiger partial charge in [-0.3, -0.25) is 4.79 Å². The Morgan fingerprint density at radius 3 is 2.62 bits per heavy atom. The molecule has 1 aromatic heterocycles. The fourth-order valence-electron chi connectivity index (χ4n) is 1.68. The van der Waals surface area contributed by atoms with Gasteiger partial charge in [0.2, 0.25) is 5.91 Å². The van der Waals surface area contributed by atoms with Crippen molar-refractivity contribution in [3.8, 4) is 5.75 Å². The molecular weight excluding hydrogens is 290 g/mol. The summed E-state index contributed by atoms with van der Waals surface area (Å²) in [6.45, 7) is 2.22. The fraction of sp³-hybridized carbons (Fsp3) is 0.200. The van der Waals surface area contributed by atoms with Crippen LogP contribution in [0.2, 0.25) is 0 Å². The molecule has 21 heavy (non-hydrogen) atoms. The topological polar surface area (TPSA) is 75.6 Å². The average Bonchev–Trinajstić information content (AvgIpc) is 2.89. The number of carboxylic acids is 1. The van der Waals surface area contributed by atoms with Gasteiger partial charge in [0, 0.05) is 0 Å². The molecule has 0 radical (unpaired) electrons. The molecule has 0 aliphatic carbocycles. The summed E-state index contributed by atoms with van der Waals surface area (Å²) in [5, 5.41) is 13.2. The van der Waals surface area contributed by atoms with E-state index in [1.54, 1.807) is 11.4 Å². The van der Waals surface area contributed by atoms with Crippen LogP contribution in [0.3, 0.4) is 0 Å². The first kappa shape index (κ1) is 15.1. The van der Waals surface area contributed by atoms with Crippen LogP contribution in [0.25, 0.3) is 0 Å². The predicted octanol–water partition coefficient (Wildman–Crippen LogP) is 3.16. The van der Waals surface area contributed by atoms with Crippen molar-refractivity contribution >= 4 is 28.9 Å². The summed E-state index contributed by atoms with van der Waals surface area (Å²) in [7, 11) is 0. The molecule has 6 heteroatoms. The predicted molar refractivity (Wildman–Crippen MR) is 81.2 cm³/mol. The molecule has 0 fully saturated rings. The first-order valence-corrected chi connectivity index (χ1v) is 7.24. The first-order chi connectivity index (χ1) is 10.1. The fourth-order valence-corrected chi connectivity index (χ4v) is 2.37. The van der Waals surface area contributed by atoms with Gasteiger partial charge >= 0.3 is 5.97 Å². The van der Waals surface area contributed by atoms with Crippen molar-refractivity contribution in [2.24, 2.45) is 0 Å².